The minimum atomic E-state index is 0.0397. The maximum absolute atomic E-state index is 10.6. The van der Waals surface area contributed by atoms with E-state index in [2.05, 4.69) is 26.6 Å². The van der Waals surface area contributed by atoms with Crippen LogP contribution >= 0.6 is 27.5 Å². The van der Waals surface area contributed by atoms with Crippen molar-refractivity contribution in [3.05, 3.63) is 0 Å². The van der Waals surface area contributed by atoms with Crippen LogP contribution in [-0.2, 0) is 4.79 Å². The lowest BCUT2D eigenvalue weighted by Gasteiger charge is -2.01. The van der Waals surface area contributed by atoms with Crippen molar-refractivity contribution in [2.75, 3.05) is 30.8 Å². The van der Waals surface area contributed by atoms with E-state index in [4.69, 9.17) is 11.6 Å². The summed E-state index contributed by atoms with van der Waals surface area (Å²) >= 11 is 8.05. The zero-order valence-corrected chi connectivity index (χ0v) is 10.5. The first-order chi connectivity index (χ1) is 6.22. The molecule has 0 radical (unpaired) electrons. The van der Waals surface area contributed by atoms with Gasteiger partial charge in [0, 0.05) is 19.0 Å². The van der Waals surface area contributed by atoms with Crippen LogP contribution in [0.4, 0.5) is 0 Å². The van der Waals surface area contributed by atoms with Crippen LogP contribution in [0.5, 0.6) is 0 Å². The summed E-state index contributed by atoms with van der Waals surface area (Å²) in [7, 11) is 0. The zero-order chi connectivity index (χ0) is 10.5. The summed E-state index contributed by atoms with van der Waals surface area (Å²) in [5.74, 6) is 0.762. The van der Waals surface area contributed by atoms with E-state index in [1.165, 1.54) is 0 Å². The summed E-state index contributed by atoms with van der Waals surface area (Å²) in [6.45, 7) is 6.42. The number of hydrogen-bond donors (Lipinski definition) is 2. The first-order valence-corrected chi connectivity index (χ1v) is 5.97. The molecule has 0 aromatic rings. The van der Waals surface area contributed by atoms with Crippen molar-refractivity contribution in [1.82, 2.24) is 10.6 Å². The van der Waals surface area contributed by atoms with Crippen LogP contribution in [0.2, 0.25) is 0 Å². The molecule has 0 saturated carbocycles. The number of nitrogens with one attached hydrogen (secondary N) is 2. The first kappa shape index (κ1) is 15.7. The van der Waals surface area contributed by atoms with Crippen LogP contribution in [-0.4, -0.2) is 36.8 Å². The largest absolute Gasteiger partial charge is 0.354 e. The molecule has 0 aromatic heterocycles. The van der Waals surface area contributed by atoms with Crippen molar-refractivity contribution in [3.8, 4) is 0 Å². The van der Waals surface area contributed by atoms with Gasteiger partial charge in [0.25, 0.3) is 0 Å². The Bertz CT molecular complexity index is 114. The summed E-state index contributed by atoms with van der Waals surface area (Å²) < 4.78 is 0. The molecule has 0 fully saturated rings. The molecule has 0 rings (SSSR count). The van der Waals surface area contributed by atoms with Crippen molar-refractivity contribution >= 4 is 33.4 Å². The second-order valence-corrected chi connectivity index (χ2v) is 3.20. The van der Waals surface area contributed by atoms with Gasteiger partial charge in [-0.15, -0.1) is 11.6 Å². The van der Waals surface area contributed by atoms with Gasteiger partial charge in [0.2, 0.25) is 5.91 Å². The molecule has 80 valence electrons. The Morgan fingerprint density at radius 1 is 1.38 bits per heavy atom. The number of likely N-dealkylation sites (N-methyl/N-ethyl adjacent to an activating group) is 1. The Hall–Kier alpha value is 0.200. The third kappa shape index (κ3) is 18.9. The third-order valence-electron chi connectivity index (χ3n) is 0.995. The predicted octanol–water partition coefficient (Wildman–Crippen LogP) is 1.35. The van der Waals surface area contributed by atoms with E-state index >= 15 is 0 Å². The van der Waals surface area contributed by atoms with Crippen molar-refractivity contribution in [1.29, 1.82) is 0 Å². The van der Waals surface area contributed by atoms with E-state index in [0.717, 1.165) is 19.0 Å². The lowest BCUT2D eigenvalue weighted by atomic mass is 10.5. The highest BCUT2D eigenvalue weighted by Gasteiger charge is 1.93. The Morgan fingerprint density at radius 2 is 1.92 bits per heavy atom. The first-order valence-electron chi connectivity index (χ1n) is 4.32. The third-order valence-corrected chi connectivity index (χ3v) is 1.50. The van der Waals surface area contributed by atoms with Gasteiger partial charge >= 0.3 is 0 Å². The number of rotatable bonds is 5. The Kier molecular flexibility index (Phi) is 17.7. The second-order valence-electron chi connectivity index (χ2n) is 2.10. The minimum absolute atomic E-state index is 0.0397. The van der Waals surface area contributed by atoms with E-state index in [9.17, 15) is 4.79 Å². The molecule has 0 spiro atoms. The molecule has 2 N–H and O–H groups in total. The van der Waals surface area contributed by atoms with Gasteiger partial charge in [-0.3, -0.25) is 4.79 Å². The molecule has 5 heteroatoms. The van der Waals surface area contributed by atoms with Gasteiger partial charge < -0.3 is 10.6 Å². The molecule has 0 saturated heterocycles. The minimum Gasteiger partial charge on any atom is -0.354 e. The molecular formula is C8H18BrClN2O. The maximum atomic E-state index is 10.6. The molecule has 0 aliphatic heterocycles. The Morgan fingerprint density at radius 3 is 2.31 bits per heavy atom. The molecule has 3 nitrogen and oxygen atoms in total. The normalized spacial score (nSPS) is 8.62. The van der Waals surface area contributed by atoms with Gasteiger partial charge in [-0.25, -0.2) is 0 Å². The summed E-state index contributed by atoms with van der Waals surface area (Å²) in [5.41, 5.74) is 0. The molecule has 0 bridgehead atoms. The van der Waals surface area contributed by atoms with Crippen LogP contribution in [0.3, 0.4) is 0 Å². The summed E-state index contributed by atoms with van der Waals surface area (Å²) in [4.78, 5) is 10.6. The SMILES string of the molecule is CCCl.CCNCCNC(=O)CBr. The quantitative estimate of drug-likeness (QED) is 0.586. The lowest BCUT2D eigenvalue weighted by molar-refractivity contribution is -0.118. The molecule has 0 aromatic carbocycles. The number of carbonyl (C=O) groups is 1. The number of halogens is 2. The number of hydrogen-bond acceptors (Lipinski definition) is 2. The summed E-state index contributed by atoms with van der Waals surface area (Å²) in [5, 5.41) is 6.20. The average molecular weight is 274 g/mol. The van der Waals surface area contributed by atoms with Crippen LogP contribution in [0.1, 0.15) is 13.8 Å². The van der Waals surface area contributed by atoms with E-state index in [1.807, 2.05) is 13.8 Å². The van der Waals surface area contributed by atoms with Crippen molar-refractivity contribution < 1.29 is 4.79 Å². The topological polar surface area (TPSA) is 41.1 Å². The second kappa shape index (κ2) is 14.7. The molecule has 0 atom stereocenters. The lowest BCUT2D eigenvalue weighted by Crippen LogP contribution is -2.32. The fourth-order valence-electron chi connectivity index (χ4n) is 0.514. The van der Waals surface area contributed by atoms with E-state index in [0.29, 0.717) is 11.9 Å². The predicted molar refractivity (Wildman–Crippen MR) is 61.7 cm³/mol. The highest BCUT2D eigenvalue weighted by molar-refractivity contribution is 9.09. The Balaban J connectivity index is 0. The van der Waals surface area contributed by atoms with Crippen LogP contribution in [0.25, 0.3) is 0 Å². The smallest absolute Gasteiger partial charge is 0.230 e. The van der Waals surface area contributed by atoms with Crippen molar-refractivity contribution in [3.63, 3.8) is 0 Å². The number of amides is 1. The molecule has 0 unspecified atom stereocenters. The molecule has 0 heterocycles. The fraction of sp³-hybridized carbons (Fsp3) is 0.875. The van der Waals surface area contributed by atoms with Gasteiger partial charge in [-0.05, 0) is 6.54 Å². The van der Waals surface area contributed by atoms with Crippen LogP contribution < -0.4 is 10.6 Å². The van der Waals surface area contributed by atoms with Crippen molar-refractivity contribution in [2.24, 2.45) is 0 Å². The molecule has 0 aliphatic rings. The zero-order valence-electron chi connectivity index (χ0n) is 8.20. The van der Waals surface area contributed by atoms with E-state index < -0.39 is 0 Å². The van der Waals surface area contributed by atoms with Gasteiger partial charge in [0.05, 0.1) is 5.33 Å². The summed E-state index contributed by atoms with van der Waals surface area (Å²) in [6.07, 6.45) is 0. The van der Waals surface area contributed by atoms with Gasteiger partial charge in [0.1, 0.15) is 0 Å². The Labute approximate surface area is 93.7 Å². The van der Waals surface area contributed by atoms with Gasteiger partial charge in [-0.2, -0.15) is 0 Å². The standard InChI is InChI=1S/C6H13BrN2O.C2H5Cl/c1-2-8-3-4-9-6(10)5-7;1-2-3/h8H,2-5H2,1H3,(H,9,10);2H2,1H3. The maximum Gasteiger partial charge on any atom is 0.230 e. The molecule has 0 aliphatic carbocycles. The molecule has 1 amide bonds. The van der Waals surface area contributed by atoms with Crippen molar-refractivity contribution in [2.45, 2.75) is 13.8 Å². The summed E-state index contributed by atoms with van der Waals surface area (Å²) in [6, 6.07) is 0. The van der Waals surface area contributed by atoms with E-state index in [1.54, 1.807) is 0 Å². The molecule has 13 heavy (non-hydrogen) atoms. The highest BCUT2D eigenvalue weighted by Crippen LogP contribution is 1.76. The number of alkyl halides is 2. The van der Waals surface area contributed by atoms with Gasteiger partial charge in [0.15, 0.2) is 0 Å². The highest BCUT2D eigenvalue weighted by atomic mass is 79.9. The fourth-order valence-corrected chi connectivity index (χ4v) is 0.713. The number of carbonyl (C=O) groups excluding carboxylic acids is 1. The van der Waals surface area contributed by atoms with Crippen LogP contribution in [0.15, 0.2) is 0 Å². The van der Waals surface area contributed by atoms with Gasteiger partial charge in [-0.1, -0.05) is 29.8 Å². The van der Waals surface area contributed by atoms with Crippen LogP contribution in [0, 0.1) is 0 Å². The molecular weight excluding hydrogens is 255 g/mol. The van der Waals surface area contributed by atoms with E-state index in [-0.39, 0.29) is 5.91 Å². The monoisotopic (exact) mass is 272 g/mol. The average Bonchev–Trinajstić information content (AvgIpc) is 2.13.